The van der Waals surface area contributed by atoms with Crippen molar-refractivity contribution in [3.8, 4) is 16.9 Å². The number of nitrogen functional groups attached to an aromatic ring is 1. The van der Waals surface area contributed by atoms with E-state index in [9.17, 15) is 0 Å². The minimum Gasteiger partial charge on any atom is -0.396 e. The Morgan fingerprint density at radius 2 is 1.76 bits per heavy atom. The Morgan fingerprint density at radius 3 is 2.33 bits per heavy atom. The van der Waals surface area contributed by atoms with Gasteiger partial charge in [0.15, 0.2) is 0 Å². The Labute approximate surface area is 131 Å². The molecule has 1 aromatic carbocycles. The molecule has 0 aliphatic heterocycles. The molecule has 108 valence electrons. The summed E-state index contributed by atoms with van der Waals surface area (Å²) in [5.74, 6) is 0. The summed E-state index contributed by atoms with van der Waals surface area (Å²) in [6.07, 6.45) is 1.84. The van der Waals surface area contributed by atoms with Crippen molar-refractivity contribution in [1.29, 1.82) is 0 Å². The third kappa shape index (κ3) is 2.35. The zero-order valence-corrected chi connectivity index (χ0v) is 13.7. The number of anilines is 1. The second-order valence-electron chi connectivity index (χ2n) is 5.02. The molecule has 3 aromatic rings. The third-order valence-electron chi connectivity index (χ3n) is 3.58. The van der Waals surface area contributed by atoms with Crippen LogP contribution in [0.3, 0.4) is 0 Å². The molecule has 0 atom stereocenters. The van der Waals surface area contributed by atoms with Crippen LogP contribution in [0.25, 0.3) is 16.9 Å². The largest absolute Gasteiger partial charge is 0.396 e. The van der Waals surface area contributed by atoms with Crippen LogP contribution in [0.5, 0.6) is 0 Å². The van der Waals surface area contributed by atoms with Crippen LogP contribution in [0, 0.1) is 13.8 Å². The van der Waals surface area contributed by atoms with Crippen molar-refractivity contribution in [2.45, 2.75) is 13.8 Å². The first-order chi connectivity index (χ1) is 9.97. The second-order valence-corrected chi connectivity index (χ2v) is 5.94. The van der Waals surface area contributed by atoms with E-state index >= 15 is 0 Å². The Morgan fingerprint density at radius 1 is 1.10 bits per heavy atom. The monoisotopic (exact) mass is 345 g/mol. The van der Waals surface area contributed by atoms with Gasteiger partial charge in [-0.05, 0) is 38.1 Å². The Hall–Kier alpha value is -2.08. The van der Waals surface area contributed by atoms with E-state index in [0.29, 0.717) is 5.69 Å². The molecular formula is C15H16BrN5. The molecule has 2 aromatic heterocycles. The highest BCUT2D eigenvalue weighted by Crippen LogP contribution is 2.30. The molecule has 0 aliphatic carbocycles. The van der Waals surface area contributed by atoms with Gasteiger partial charge in [0, 0.05) is 22.8 Å². The molecule has 6 heteroatoms. The van der Waals surface area contributed by atoms with Gasteiger partial charge in [-0.2, -0.15) is 10.2 Å². The highest BCUT2D eigenvalue weighted by Gasteiger charge is 2.18. The van der Waals surface area contributed by atoms with E-state index in [1.165, 1.54) is 0 Å². The predicted octanol–water partition coefficient (Wildman–Crippen LogP) is 3.23. The highest BCUT2D eigenvalue weighted by molar-refractivity contribution is 9.10. The quantitative estimate of drug-likeness (QED) is 0.775. The Kier molecular flexibility index (Phi) is 3.33. The van der Waals surface area contributed by atoms with Crippen LogP contribution in [-0.2, 0) is 7.05 Å². The minimum atomic E-state index is 0.650. The van der Waals surface area contributed by atoms with Gasteiger partial charge >= 0.3 is 0 Å². The lowest BCUT2D eigenvalue weighted by molar-refractivity contribution is 0.731. The fourth-order valence-corrected chi connectivity index (χ4v) is 2.69. The fourth-order valence-electron chi connectivity index (χ4n) is 2.42. The van der Waals surface area contributed by atoms with E-state index in [1.54, 1.807) is 4.68 Å². The molecule has 21 heavy (non-hydrogen) atoms. The van der Waals surface area contributed by atoms with Gasteiger partial charge in [-0.1, -0.05) is 15.9 Å². The molecule has 2 heterocycles. The van der Waals surface area contributed by atoms with E-state index in [0.717, 1.165) is 32.8 Å². The maximum absolute atomic E-state index is 6.16. The van der Waals surface area contributed by atoms with Crippen LogP contribution in [0.4, 0.5) is 5.69 Å². The summed E-state index contributed by atoms with van der Waals surface area (Å²) in [7, 11) is 1.92. The third-order valence-corrected chi connectivity index (χ3v) is 4.11. The normalized spacial score (nSPS) is 11.0. The zero-order chi connectivity index (χ0) is 15.1. The Balaban J connectivity index is 2.12. The molecule has 0 fully saturated rings. The number of nitrogens with two attached hydrogens (primary N) is 1. The van der Waals surface area contributed by atoms with Gasteiger partial charge in [-0.25, -0.2) is 4.68 Å². The van der Waals surface area contributed by atoms with Gasteiger partial charge in [0.25, 0.3) is 0 Å². The molecule has 3 rings (SSSR count). The molecule has 5 nitrogen and oxygen atoms in total. The maximum atomic E-state index is 6.16. The van der Waals surface area contributed by atoms with Crippen LogP contribution in [0.2, 0.25) is 0 Å². The topological polar surface area (TPSA) is 61.7 Å². The summed E-state index contributed by atoms with van der Waals surface area (Å²) in [6.45, 7) is 3.99. The maximum Gasteiger partial charge on any atom is 0.119 e. The predicted molar refractivity (Wildman–Crippen MR) is 87.4 cm³/mol. The highest BCUT2D eigenvalue weighted by atomic mass is 79.9. The standard InChI is InChI=1S/C15H16BrN5/c1-9-14(10(2)20(3)18-9)15-13(17)8-21(19-15)12-6-4-11(16)5-7-12/h4-8H,17H2,1-3H3. The number of hydrogen-bond donors (Lipinski definition) is 1. The molecule has 0 aliphatic rings. The summed E-state index contributed by atoms with van der Waals surface area (Å²) in [5, 5.41) is 9.07. The fraction of sp³-hybridized carbons (Fsp3) is 0.200. The summed E-state index contributed by atoms with van der Waals surface area (Å²) in [4.78, 5) is 0. The number of benzene rings is 1. The van der Waals surface area contributed by atoms with E-state index < -0.39 is 0 Å². The molecule has 0 amide bonds. The molecule has 0 bridgehead atoms. The lowest BCUT2D eigenvalue weighted by Crippen LogP contribution is -1.95. The number of nitrogens with zero attached hydrogens (tertiary/aromatic N) is 4. The smallest absolute Gasteiger partial charge is 0.119 e. The first kappa shape index (κ1) is 13.9. The minimum absolute atomic E-state index is 0.650. The van der Waals surface area contributed by atoms with Crippen molar-refractivity contribution in [2.75, 3.05) is 5.73 Å². The van der Waals surface area contributed by atoms with E-state index in [4.69, 9.17) is 5.73 Å². The second kappa shape index (κ2) is 5.04. The summed E-state index contributed by atoms with van der Waals surface area (Å²) < 4.78 is 4.68. The van der Waals surface area contributed by atoms with Crippen LogP contribution in [0.15, 0.2) is 34.9 Å². The van der Waals surface area contributed by atoms with Crippen molar-refractivity contribution < 1.29 is 0 Å². The van der Waals surface area contributed by atoms with Crippen molar-refractivity contribution in [3.63, 3.8) is 0 Å². The first-order valence-corrected chi connectivity index (χ1v) is 7.38. The van der Waals surface area contributed by atoms with Gasteiger partial charge in [-0.15, -0.1) is 0 Å². The summed E-state index contributed by atoms with van der Waals surface area (Å²) >= 11 is 3.43. The number of aromatic nitrogens is 4. The first-order valence-electron chi connectivity index (χ1n) is 6.59. The number of halogens is 1. The zero-order valence-electron chi connectivity index (χ0n) is 12.1. The van der Waals surface area contributed by atoms with E-state index in [2.05, 4.69) is 26.1 Å². The SMILES string of the molecule is Cc1nn(C)c(C)c1-c1nn(-c2ccc(Br)cc2)cc1N. The van der Waals surface area contributed by atoms with Gasteiger partial charge in [0.05, 0.1) is 23.3 Å². The van der Waals surface area contributed by atoms with Crippen molar-refractivity contribution >= 4 is 21.6 Å². The number of aryl methyl sites for hydroxylation is 2. The van der Waals surface area contributed by atoms with Crippen molar-refractivity contribution in [2.24, 2.45) is 7.05 Å². The van der Waals surface area contributed by atoms with Crippen LogP contribution in [-0.4, -0.2) is 19.6 Å². The van der Waals surface area contributed by atoms with Gasteiger partial charge in [0.1, 0.15) is 5.69 Å². The van der Waals surface area contributed by atoms with Crippen molar-refractivity contribution in [3.05, 3.63) is 46.3 Å². The summed E-state index contributed by atoms with van der Waals surface area (Å²) in [5.41, 5.74) is 11.5. The van der Waals surface area contributed by atoms with E-state index in [1.807, 2.05) is 56.0 Å². The molecule has 2 N–H and O–H groups in total. The average Bonchev–Trinajstić information content (AvgIpc) is 2.92. The summed E-state index contributed by atoms with van der Waals surface area (Å²) in [6, 6.07) is 7.94. The molecule has 0 unspecified atom stereocenters. The number of rotatable bonds is 2. The van der Waals surface area contributed by atoms with E-state index in [-0.39, 0.29) is 0 Å². The van der Waals surface area contributed by atoms with Gasteiger partial charge < -0.3 is 5.73 Å². The van der Waals surface area contributed by atoms with Gasteiger partial charge in [-0.3, -0.25) is 4.68 Å². The molecule has 0 spiro atoms. The van der Waals surface area contributed by atoms with Gasteiger partial charge in [0.2, 0.25) is 0 Å². The van der Waals surface area contributed by atoms with Crippen molar-refractivity contribution in [1.82, 2.24) is 19.6 Å². The molecular weight excluding hydrogens is 330 g/mol. The average molecular weight is 346 g/mol. The van der Waals surface area contributed by atoms with Crippen LogP contribution < -0.4 is 5.73 Å². The lowest BCUT2D eigenvalue weighted by atomic mass is 10.1. The molecule has 0 saturated carbocycles. The lowest BCUT2D eigenvalue weighted by Gasteiger charge is -2.01. The molecule has 0 saturated heterocycles. The molecule has 0 radical (unpaired) electrons. The van der Waals surface area contributed by atoms with Crippen LogP contribution >= 0.6 is 15.9 Å². The Bertz CT molecular complexity index is 798. The number of hydrogen-bond acceptors (Lipinski definition) is 3. The van der Waals surface area contributed by atoms with Crippen LogP contribution in [0.1, 0.15) is 11.4 Å².